The van der Waals surface area contributed by atoms with Gasteiger partial charge in [0, 0.05) is 24.4 Å². The lowest BCUT2D eigenvalue weighted by Crippen LogP contribution is -2.12. The highest BCUT2D eigenvalue weighted by Gasteiger charge is 2.10. The standard InChI is InChI=1S/C12H15ClN2O3/c1-9-5-6-10(15(17)18)8-11(9)14-12(16)4-2-3-7-13/h5-6,8H,2-4,7H2,1H3,(H,14,16). The van der Waals surface area contributed by atoms with E-state index in [4.69, 9.17) is 11.6 Å². The zero-order chi connectivity index (χ0) is 13.5. The summed E-state index contributed by atoms with van der Waals surface area (Å²) in [7, 11) is 0. The monoisotopic (exact) mass is 270 g/mol. The zero-order valence-corrected chi connectivity index (χ0v) is 10.9. The fourth-order valence-electron chi connectivity index (χ4n) is 1.45. The lowest BCUT2D eigenvalue weighted by atomic mass is 10.1. The van der Waals surface area contributed by atoms with Gasteiger partial charge in [0.2, 0.25) is 5.91 Å². The first-order valence-corrected chi connectivity index (χ1v) is 6.19. The van der Waals surface area contributed by atoms with Crippen LogP contribution in [0.5, 0.6) is 0 Å². The summed E-state index contributed by atoms with van der Waals surface area (Å²) in [5.41, 5.74) is 1.25. The number of aryl methyl sites for hydroxylation is 1. The summed E-state index contributed by atoms with van der Waals surface area (Å²) in [6.07, 6.45) is 1.86. The van der Waals surface area contributed by atoms with Gasteiger partial charge >= 0.3 is 0 Å². The molecule has 98 valence electrons. The van der Waals surface area contributed by atoms with Crippen LogP contribution in [-0.4, -0.2) is 16.7 Å². The summed E-state index contributed by atoms with van der Waals surface area (Å²) in [5.74, 6) is 0.382. The van der Waals surface area contributed by atoms with Crippen LogP contribution >= 0.6 is 11.6 Å². The van der Waals surface area contributed by atoms with Gasteiger partial charge in [0.05, 0.1) is 10.6 Å². The molecule has 0 bridgehead atoms. The van der Waals surface area contributed by atoms with Gasteiger partial charge in [-0.3, -0.25) is 14.9 Å². The van der Waals surface area contributed by atoms with Crippen molar-refractivity contribution < 1.29 is 9.72 Å². The molecule has 0 saturated carbocycles. The molecule has 0 heterocycles. The fraction of sp³-hybridized carbons (Fsp3) is 0.417. The highest BCUT2D eigenvalue weighted by Crippen LogP contribution is 2.22. The largest absolute Gasteiger partial charge is 0.326 e. The molecule has 0 aliphatic carbocycles. The molecule has 1 aromatic carbocycles. The molecule has 1 amide bonds. The molecule has 0 saturated heterocycles. The number of nitro benzene ring substituents is 1. The molecule has 0 fully saturated rings. The Morgan fingerprint density at radius 2 is 2.17 bits per heavy atom. The Labute approximate surface area is 110 Å². The number of benzene rings is 1. The lowest BCUT2D eigenvalue weighted by molar-refractivity contribution is -0.384. The van der Waals surface area contributed by atoms with Crippen LogP contribution in [0.2, 0.25) is 0 Å². The number of nitro groups is 1. The molecule has 0 radical (unpaired) electrons. The second kappa shape index (κ2) is 6.96. The lowest BCUT2D eigenvalue weighted by Gasteiger charge is -2.07. The van der Waals surface area contributed by atoms with Gasteiger partial charge in [-0.1, -0.05) is 6.07 Å². The van der Waals surface area contributed by atoms with E-state index in [0.717, 1.165) is 12.0 Å². The third kappa shape index (κ3) is 4.33. The number of anilines is 1. The van der Waals surface area contributed by atoms with Crippen molar-refractivity contribution in [3.8, 4) is 0 Å². The topological polar surface area (TPSA) is 72.2 Å². The van der Waals surface area contributed by atoms with E-state index >= 15 is 0 Å². The van der Waals surface area contributed by atoms with E-state index in [1.165, 1.54) is 12.1 Å². The van der Waals surface area contributed by atoms with E-state index in [1.54, 1.807) is 13.0 Å². The molecule has 0 aliphatic rings. The van der Waals surface area contributed by atoms with Crippen molar-refractivity contribution in [3.63, 3.8) is 0 Å². The first kappa shape index (κ1) is 14.4. The summed E-state index contributed by atoms with van der Waals surface area (Å²) in [6.45, 7) is 1.79. The zero-order valence-electron chi connectivity index (χ0n) is 10.1. The summed E-state index contributed by atoms with van der Waals surface area (Å²) in [6, 6.07) is 4.40. The number of carbonyl (C=O) groups is 1. The van der Waals surface area contributed by atoms with Crippen molar-refractivity contribution >= 4 is 28.9 Å². The second-order valence-corrected chi connectivity index (χ2v) is 4.33. The van der Waals surface area contributed by atoms with E-state index in [-0.39, 0.29) is 11.6 Å². The molecule has 0 aliphatic heterocycles. The van der Waals surface area contributed by atoms with Gasteiger partial charge in [-0.25, -0.2) is 0 Å². The van der Waals surface area contributed by atoms with Crippen LogP contribution in [0.4, 0.5) is 11.4 Å². The predicted molar refractivity (Wildman–Crippen MR) is 71.0 cm³/mol. The Balaban J connectivity index is 2.68. The number of nitrogens with zero attached hydrogens (tertiary/aromatic N) is 1. The molecule has 1 aromatic rings. The fourth-order valence-corrected chi connectivity index (χ4v) is 1.64. The Bertz CT molecular complexity index is 449. The minimum atomic E-state index is -0.484. The van der Waals surface area contributed by atoms with E-state index in [2.05, 4.69) is 5.32 Å². The van der Waals surface area contributed by atoms with Crippen LogP contribution in [0.3, 0.4) is 0 Å². The maximum Gasteiger partial charge on any atom is 0.271 e. The quantitative estimate of drug-likeness (QED) is 0.373. The Morgan fingerprint density at radius 3 is 2.78 bits per heavy atom. The van der Waals surface area contributed by atoms with Crippen LogP contribution < -0.4 is 5.32 Å². The second-order valence-electron chi connectivity index (χ2n) is 3.95. The summed E-state index contributed by atoms with van der Waals surface area (Å²) in [4.78, 5) is 21.8. The van der Waals surface area contributed by atoms with Crippen LogP contribution in [0, 0.1) is 17.0 Å². The van der Waals surface area contributed by atoms with Gasteiger partial charge in [0.25, 0.3) is 5.69 Å². The number of hydrogen-bond donors (Lipinski definition) is 1. The molecule has 0 aromatic heterocycles. The number of alkyl halides is 1. The number of halogens is 1. The van der Waals surface area contributed by atoms with E-state index < -0.39 is 4.92 Å². The first-order valence-electron chi connectivity index (χ1n) is 5.65. The Kier molecular flexibility index (Phi) is 5.58. The number of amides is 1. The summed E-state index contributed by atoms with van der Waals surface area (Å²) >= 11 is 5.52. The molecule has 5 nitrogen and oxygen atoms in total. The SMILES string of the molecule is Cc1ccc([N+](=O)[O-])cc1NC(=O)CCCCCl. The van der Waals surface area contributed by atoms with E-state index in [9.17, 15) is 14.9 Å². The van der Waals surface area contributed by atoms with Crippen LogP contribution in [-0.2, 0) is 4.79 Å². The van der Waals surface area contributed by atoms with Crippen LogP contribution in [0.1, 0.15) is 24.8 Å². The molecular formula is C12H15ClN2O3. The first-order chi connectivity index (χ1) is 8.54. The predicted octanol–water partition coefficient (Wildman–Crippen LogP) is 3.25. The maximum atomic E-state index is 11.6. The highest BCUT2D eigenvalue weighted by atomic mass is 35.5. The number of hydrogen-bond acceptors (Lipinski definition) is 3. The summed E-state index contributed by atoms with van der Waals surface area (Å²) in [5, 5.41) is 13.3. The molecule has 0 atom stereocenters. The van der Waals surface area contributed by atoms with E-state index in [1.807, 2.05) is 0 Å². The third-order valence-corrected chi connectivity index (χ3v) is 2.76. The summed E-state index contributed by atoms with van der Waals surface area (Å²) < 4.78 is 0. The molecule has 1 N–H and O–H groups in total. The van der Waals surface area contributed by atoms with Crippen molar-refractivity contribution in [3.05, 3.63) is 33.9 Å². The molecule has 0 spiro atoms. The van der Waals surface area contributed by atoms with Crippen molar-refractivity contribution in [1.29, 1.82) is 0 Å². The third-order valence-electron chi connectivity index (χ3n) is 2.49. The normalized spacial score (nSPS) is 10.1. The smallest absolute Gasteiger partial charge is 0.271 e. The van der Waals surface area contributed by atoms with Crippen LogP contribution in [0.15, 0.2) is 18.2 Å². The Hall–Kier alpha value is -1.62. The molecule has 0 unspecified atom stereocenters. The Morgan fingerprint density at radius 1 is 1.44 bits per heavy atom. The van der Waals surface area contributed by atoms with Gasteiger partial charge in [0.1, 0.15) is 0 Å². The van der Waals surface area contributed by atoms with Crippen LogP contribution in [0.25, 0.3) is 0 Å². The average Bonchev–Trinajstić information content (AvgIpc) is 2.32. The van der Waals surface area contributed by atoms with Crippen molar-refractivity contribution in [2.45, 2.75) is 26.2 Å². The number of unbranched alkanes of at least 4 members (excludes halogenated alkanes) is 1. The minimum Gasteiger partial charge on any atom is -0.326 e. The van der Waals surface area contributed by atoms with Gasteiger partial charge < -0.3 is 5.32 Å². The molecule has 6 heteroatoms. The number of non-ortho nitro benzene ring substituents is 1. The molecular weight excluding hydrogens is 256 g/mol. The number of nitrogens with one attached hydrogen (secondary N) is 1. The average molecular weight is 271 g/mol. The van der Waals surface area contributed by atoms with Crippen molar-refractivity contribution in [1.82, 2.24) is 0 Å². The van der Waals surface area contributed by atoms with Crippen molar-refractivity contribution in [2.75, 3.05) is 11.2 Å². The maximum absolute atomic E-state index is 11.6. The molecule has 1 rings (SSSR count). The van der Waals surface area contributed by atoms with Gasteiger partial charge in [-0.05, 0) is 25.3 Å². The highest BCUT2D eigenvalue weighted by molar-refractivity contribution is 6.17. The van der Waals surface area contributed by atoms with Crippen molar-refractivity contribution in [2.24, 2.45) is 0 Å². The number of carbonyl (C=O) groups excluding carboxylic acids is 1. The van der Waals surface area contributed by atoms with Gasteiger partial charge in [0.15, 0.2) is 0 Å². The minimum absolute atomic E-state index is 0.0309. The van der Waals surface area contributed by atoms with Gasteiger partial charge in [-0.15, -0.1) is 11.6 Å². The molecule has 18 heavy (non-hydrogen) atoms. The van der Waals surface area contributed by atoms with Gasteiger partial charge in [-0.2, -0.15) is 0 Å². The van der Waals surface area contributed by atoms with E-state index in [0.29, 0.717) is 24.4 Å². The number of rotatable bonds is 6.